The van der Waals surface area contributed by atoms with Gasteiger partial charge in [0, 0.05) is 13.1 Å². The largest absolute Gasteiger partial charge is 0.355 e. The standard InChI is InChI=1S/C29H35N3O4S/c1-6-30-29(34)24(5)31(19-25-12-8-7-11-23(25)4)28(33)20-32(26-13-9-10-22(3)18-26)37(35,36)27-16-14-21(2)15-17-27/h7-18,24H,6,19-20H2,1-5H3,(H,30,34)/t24-/m1/s1. The highest BCUT2D eigenvalue weighted by Gasteiger charge is 2.32. The highest BCUT2D eigenvalue weighted by Crippen LogP contribution is 2.26. The first-order valence-corrected chi connectivity index (χ1v) is 13.8. The van der Waals surface area contributed by atoms with Gasteiger partial charge in [0.05, 0.1) is 10.6 Å². The number of nitrogens with one attached hydrogen (secondary N) is 1. The average Bonchev–Trinajstić information content (AvgIpc) is 2.86. The predicted molar refractivity (Wildman–Crippen MR) is 147 cm³/mol. The van der Waals surface area contributed by atoms with Crippen molar-refractivity contribution in [2.24, 2.45) is 0 Å². The van der Waals surface area contributed by atoms with Crippen molar-refractivity contribution >= 4 is 27.5 Å². The van der Waals surface area contributed by atoms with Crippen LogP contribution in [0.2, 0.25) is 0 Å². The number of hydrogen-bond acceptors (Lipinski definition) is 4. The third-order valence-corrected chi connectivity index (χ3v) is 8.09. The Labute approximate surface area is 220 Å². The van der Waals surface area contributed by atoms with E-state index in [-0.39, 0.29) is 17.3 Å². The molecule has 1 N–H and O–H groups in total. The third-order valence-electron chi connectivity index (χ3n) is 6.30. The highest BCUT2D eigenvalue weighted by molar-refractivity contribution is 7.92. The van der Waals surface area contributed by atoms with Gasteiger partial charge in [-0.25, -0.2) is 8.42 Å². The molecule has 0 heterocycles. The molecule has 2 amide bonds. The van der Waals surface area contributed by atoms with E-state index in [2.05, 4.69) is 5.32 Å². The minimum absolute atomic E-state index is 0.0923. The van der Waals surface area contributed by atoms with Crippen molar-refractivity contribution in [3.8, 4) is 0 Å². The summed E-state index contributed by atoms with van der Waals surface area (Å²) in [5.74, 6) is -0.771. The number of benzene rings is 3. The Hall–Kier alpha value is -3.65. The van der Waals surface area contributed by atoms with Crippen LogP contribution in [0.1, 0.15) is 36.1 Å². The molecular formula is C29H35N3O4S. The summed E-state index contributed by atoms with van der Waals surface area (Å²) in [5, 5.41) is 2.77. The molecule has 0 saturated carbocycles. The Balaban J connectivity index is 2.04. The van der Waals surface area contributed by atoms with Crippen molar-refractivity contribution in [1.29, 1.82) is 0 Å². The van der Waals surface area contributed by atoms with E-state index < -0.39 is 28.5 Å². The van der Waals surface area contributed by atoms with Crippen LogP contribution >= 0.6 is 0 Å². The van der Waals surface area contributed by atoms with Crippen LogP contribution in [0, 0.1) is 20.8 Å². The van der Waals surface area contributed by atoms with E-state index in [0.29, 0.717) is 12.2 Å². The van der Waals surface area contributed by atoms with Gasteiger partial charge in [0.1, 0.15) is 12.6 Å². The first kappa shape index (κ1) is 27.9. The molecule has 0 aromatic heterocycles. The maximum absolute atomic E-state index is 13.8. The van der Waals surface area contributed by atoms with E-state index in [1.54, 1.807) is 49.4 Å². The van der Waals surface area contributed by atoms with Crippen molar-refractivity contribution in [1.82, 2.24) is 10.2 Å². The number of hydrogen-bond donors (Lipinski definition) is 1. The van der Waals surface area contributed by atoms with Crippen molar-refractivity contribution in [2.45, 2.75) is 52.1 Å². The Morgan fingerprint density at radius 2 is 1.57 bits per heavy atom. The lowest BCUT2D eigenvalue weighted by Crippen LogP contribution is -2.51. The maximum Gasteiger partial charge on any atom is 0.264 e. The van der Waals surface area contributed by atoms with Crippen LogP contribution in [0.5, 0.6) is 0 Å². The second-order valence-corrected chi connectivity index (χ2v) is 11.0. The fourth-order valence-electron chi connectivity index (χ4n) is 4.02. The number of carbonyl (C=O) groups excluding carboxylic acids is 2. The smallest absolute Gasteiger partial charge is 0.264 e. The van der Waals surface area contributed by atoms with Gasteiger partial charge in [-0.05, 0) is 75.6 Å². The van der Waals surface area contributed by atoms with Gasteiger partial charge >= 0.3 is 0 Å². The molecule has 196 valence electrons. The van der Waals surface area contributed by atoms with Gasteiger partial charge in [-0.15, -0.1) is 0 Å². The van der Waals surface area contributed by atoms with Gasteiger partial charge in [0.2, 0.25) is 11.8 Å². The second-order valence-electron chi connectivity index (χ2n) is 9.18. The summed E-state index contributed by atoms with van der Waals surface area (Å²) in [7, 11) is -4.07. The van der Waals surface area contributed by atoms with Crippen LogP contribution in [0.3, 0.4) is 0 Å². The average molecular weight is 522 g/mol. The molecule has 7 nitrogen and oxygen atoms in total. The summed E-state index contributed by atoms with van der Waals surface area (Å²) in [6.45, 7) is 9.31. The first-order chi connectivity index (χ1) is 17.5. The number of rotatable bonds is 10. The van der Waals surface area contributed by atoms with Crippen LogP contribution in [-0.4, -0.2) is 44.3 Å². The normalized spacial score (nSPS) is 12.0. The molecule has 0 unspecified atom stereocenters. The number of aryl methyl sites for hydroxylation is 3. The fraction of sp³-hybridized carbons (Fsp3) is 0.310. The fourth-order valence-corrected chi connectivity index (χ4v) is 5.43. The molecule has 3 rings (SSSR count). The van der Waals surface area contributed by atoms with Gasteiger partial charge < -0.3 is 10.2 Å². The summed E-state index contributed by atoms with van der Waals surface area (Å²) in [6, 6.07) is 20.4. The number of likely N-dealkylation sites (N-methyl/N-ethyl adjacent to an activating group) is 1. The van der Waals surface area contributed by atoms with E-state index in [4.69, 9.17) is 0 Å². The monoisotopic (exact) mass is 521 g/mol. The van der Waals surface area contributed by atoms with Crippen LogP contribution in [0.4, 0.5) is 5.69 Å². The molecule has 0 radical (unpaired) electrons. The predicted octanol–water partition coefficient (Wildman–Crippen LogP) is 4.36. The minimum Gasteiger partial charge on any atom is -0.355 e. The number of nitrogens with zero attached hydrogens (tertiary/aromatic N) is 2. The summed E-state index contributed by atoms with van der Waals surface area (Å²) in [4.78, 5) is 28.2. The SMILES string of the molecule is CCNC(=O)[C@@H](C)N(Cc1ccccc1C)C(=O)CN(c1cccc(C)c1)S(=O)(=O)c1ccc(C)cc1. The van der Waals surface area contributed by atoms with E-state index >= 15 is 0 Å². The van der Waals surface area contributed by atoms with E-state index in [1.165, 1.54) is 4.90 Å². The molecule has 0 fully saturated rings. The number of sulfonamides is 1. The molecular weight excluding hydrogens is 486 g/mol. The lowest BCUT2D eigenvalue weighted by atomic mass is 10.1. The van der Waals surface area contributed by atoms with Crippen molar-refractivity contribution < 1.29 is 18.0 Å². The summed E-state index contributed by atoms with van der Waals surface area (Å²) < 4.78 is 28.7. The summed E-state index contributed by atoms with van der Waals surface area (Å²) >= 11 is 0. The van der Waals surface area contributed by atoms with E-state index in [9.17, 15) is 18.0 Å². The quantitative estimate of drug-likeness (QED) is 0.430. The molecule has 1 atom stereocenters. The molecule has 0 spiro atoms. The first-order valence-electron chi connectivity index (χ1n) is 12.3. The van der Waals surface area contributed by atoms with Crippen molar-refractivity contribution in [3.05, 3.63) is 95.1 Å². The van der Waals surface area contributed by atoms with E-state index in [0.717, 1.165) is 26.6 Å². The molecule has 0 aliphatic rings. The Bertz CT molecular complexity index is 1350. The summed E-state index contributed by atoms with van der Waals surface area (Å²) in [5.41, 5.74) is 4.04. The van der Waals surface area contributed by atoms with Crippen LogP contribution in [0.15, 0.2) is 77.7 Å². The summed E-state index contributed by atoms with van der Waals surface area (Å²) in [6.07, 6.45) is 0. The minimum atomic E-state index is -4.07. The molecule has 0 saturated heterocycles. The van der Waals surface area contributed by atoms with Crippen molar-refractivity contribution in [3.63, 3.8) is 0 Å². The maximum atomic E-state index is 13.8. The zero-order valence-electron chi connectivity index (χ0n) is 22.1. The Kier molecular flexibility index (Phi) is 9.10. The van der Waals surface area contributed by atoms with Crippen molar-refractivity contribution in [2.75, 3.05) is 17.4 Å². The van der Waals surface area contributed by atoms with Gasteiger partial charge in [-0.2, -0.15) is 0 Å². The molecule has 3 aromatic carbocycles. The van der Waals surface area contributed by atoms with Gasteiger partial charge in [0.25, 0.3) is 10.0 Å². The number of amides is 2. The van der Waals surface area contributed by atoms with Gasteiger partial charge in [-0.1, -0.05) is 54.1 Å². The lowest BCUT2D eigenvalue weighted by molar-refractivity contribution is -0.139. The molecule has 0 bridgehead atoms. The Morgan fingerprint density at radius 3 is 2.19 bits per heavy atom. The second kappa shape index (κ2) is 12.1. The number of anilines is 1. The van der Waals surface area contributed by atoms with Crippen LogP contribution in [0.25, 0.3) is 0 Å². The topological polar surface area (TPSA) is 86.8 Å². The van der Waals surface area contributed by atoms with E-state index in [1.807, 2.05) is 58.0 Å². The van der Waals surface area contributed by atoms with Crippen LogP contribution < -0.4 is 9.62 Å². The molecule has 0 aliphatic carbocycles. The zero-order chi connectivity index (χ0) is 27.2. The molecule has 0 aliphatic heterocycles. The lowest BCUT2D eigenvalue weighted by Gasteiger charge is -2.32. The zero-order valence-corrected chi connectivity index (χ0v) is 22.9. The molecule has 37 heavy (non-hydrogen) atoms. The number of carbonyl (C=O) groups is 2. The highest BCUT2D eigenvalue weighted by atomic mass is 32.2. The Morgan fingerprint density at radius 1 is 0.892 bits per heavy atom. The third kappa shape index (κ3) is 6.77. The molecule has 8 heteroatoms. The molecule has 3 aromatic rings. The van der Waals surface area contributed by atoms with Gasteiger partial charge in [-0.3, -0.25) is 13.9 Å². The van der Waals surface area contributed by atoms with Gasteiger partial charge in [0.15, 0.2) is 0 Å². The van der Waals surface area contributed by atoms with Crippen LogP contribution in [-0.2, 0) is 26.2 Å².